The van der Waals surface area contributed by atoms with Crippen molar-refractivity contribution in [3.8, 4) is 0 Å². The van der Waals surface area contributed by atoms with Crippen LogP contribution < -0.4 is 14.5 Å². The minimum absolute atomic E-state index is 0.143. The summed E-state index contributed by atoms with van der Waals surface area (Å²) in [5.74, 6) is 0.143. The Morgan fingerprint density at radius 1 is 1.09 bits per heavy atom. The van der Waals surface area contributed by atoms with Crippen LogP contribution in [0.1, 0.15) is 36.8 Å². The van der Waals surface area contributed by atoms with E-state index in [4.69, 9.17) is 0 Å². The fourth-order valence-corrected chi connectivity index (χ4v) is 6.45. The third-order valence-corrected chi connectivity index (χ3v) is 8.33. The number of anilines is 3. The minimum Gasteiger partial charge on any atom is -0.371 e. The molecule has 2 aromatic carbocycles. The molecule has 0 atom stereocenters. The lowest BCUT2D eigenvalue weighted by atomic mass is 9.88. The number of carbonyl (C=O) groups excluding carboxylic acids is 1. The highest BCUT2D eigenvalue weighted by molar-refractivity contribution is 7.92. The fraction of sp³-hybridized carbons (Fsp3) is 0.308. The molecule has 0 saturated carbocycles. The summed E-state index contributed by atoms with van der Waals surface area (Å²) in [6.45, 7) is 5.74. The Balaban J connectivity index is 1.67. The summed E-state index contributed by atoms with van der Waals surface area (Å²) in [6.07, 6.45) is 5.88. The molecule has 1 aliphatic rings. The highest BCUT2D eigenvalue weighted by Crippen LogP contribution is 2.37. The number of benzene rings is 2. The first-order chi connectivity index (χ1) is 16.5. The van der Waals surface area contributed by atoms with Crippen molar-refractivity contribution in [3.63, 3.8) is 0 Å². The molecule has 0 aliphatic carbocycles. The predicted octanol–water partition coefficient (Wildman–Crippen LogP) is 4.56. The first-order valence-electron chi connectivity index (χ1n) is 11.5. The number of nitrogens with one attached hydrogen (secondary N) is 1. The molecule has 4 rings (SSSR count). The average Bonchev–Trinajstić information content (AvgIpc) is 2.86. The number of hydrogen-bond donors (Lipinski definition) is 1. The average molecular weight is 479 g/mol. The van der Waals surface area contributed by atoms with Gasteiger partial charge in [-0.25, -0.2) is 8.42 Å². The van der Waals surface area contributed by atoms with Gasteiger partial charge >= 0.3 is 0 Å². The van der Waals surface area contributed by atoms with Gasteiger partial charge in [-0.15, -0.1) is 0 Å². The molecule has 8 heteroatoms. The second-order valence-corrected chi connectivity index (χ2v) is 10.3. The van der Waals surface area contributed by atoms with Gasteiger partial charge in [0, 0.05) is 37.7 Å². The smallest absolute Gasteiger partial charge is 0.264 e. The van der Waals surface area contributed by atoms with Crippen molar-refractivity contribution in [1.29, 1.82) is 0 Å². The van der Waals surface area contributed by atoms with E-state index >= 15 is 0 Å². The van der Waals surface area contributed by atoms with Gasteiger partial charge in [-0.3, -0.25) is 14.1 Å². The van der Waals surface area contributed by atoms with Crippen LogP contribution in [0.5, 0.6) is 0 Å². The van der Waals surface area contributed by atoms with E-state index in [0.717, 1.165) is 42.7 Å². The van der Waals surface area contributed by atoms with E-state index < -0.39 is 10.0 Å². The van der Waals surface area contributed by atoms with Gasteiger partial charge in [0.05, 0.1) is 16.3 Å². The SMILES string of the molecule is CCN(c1ccccc1NC=O)S(=O)(=O)c1ccc(C)cc1C1CCN(c2ccncc2)CC1. The summed E-state index contributed by atoms with van der Waals surface area (Å²) in [5.41, 5.74) is 3.96. The molecule has 0 bridgehead atoms. The first kappa shape index (κ1) is 23.8. The van der Waals surface area contributed by atoms with Crippen LogP contribution in [0.3, 0.4) is 0 Å². The molecule has 1 N–H and O–H groups in total. The van der Waals surface area contributed by atoms with E-state index in [1.807, 2.05) is 31.2 Å². The number of aromatic nitrogens is 1. The molecule has 2 heterocycles. The van der Waals surface area contributed by atoms with Crippen molar-refractivity contribution in [2.24, 2.45) is 0 Å². The zero-order chi connectivity index (χ0) is 24.1. The maximum atomic E-state index is 14.0. The van der Waals surface area contributed by atoms with Crippen molar-refractivity contribution in [2.75, 3.05) is 34.2 Å². The molecular formula is C26H30N4O3S. The number of aryl methyl sites for hydroxylation is 1. The molecule has 1 fully saturated rings. The summed E-state index contributed by atoms with van der Waals surface area (Å²) in [4.78, 5) is 17.9. The highest BCUT2D eigenvalue weighted by atomic mass is 32.2. The number of para-hydroxylation sites is 2. The summed E-state index contributed by atoms with van der Waals surface area (Å²) in [6, 6.07) is 16.6. The molecule has 178 valence electrons. The van der Waals surface area contributed by atoms with Crippen LogP contribution in [-0.4, -0.2) is 39.4 Å². The highest BCUT2D eigenvalue weighted by Gasteiger charge is 2.31. The van der Waals surface area contributed by atoms with Gasteiger partial charge < -0.3 is 10.2 Å². The molecule has 1 aliphatic heterocycles. The van der Waals surface area contributed by atoms with E-state index in [-0.39, 0.29) is 12.5 Å². The molecule has 34 heavy (non-hydrogen) atoms. The Kier molecular flexibility index (Phi) is 7.17. The monoisotopic (exact) mass is 478 g/mol. The van der Waals surface area contributed by atoms with Crippen LogP contribution in [-0.2, 0) is 14.8 Å². The Bertz CT molecular complexity index is 1240. The van der Waals surface area contributed by atoms with Crippen LogP contribution in [0.2, 0.25) is 0 Å². The molecule has 3 aromatic rings. The summed E-state index contributed by atoms with van der Waals surface area (Å²) < 4.78 is 29.3. The van der Waals surface area contributed by atoms with E-state index in [1.165, 1.54) is 4.31 Å². The lowest BCUT2D eigenvalue weighted by Gasteiger charge is -2.35. The summed E-state index contributed by atoms with van der Waals surface area (Å²) in [5, 5.41) is 2.63. The molecule has 0 spiro atoms. The van der Waals surface area contributed by atoms with Crippen LogP contribution in [0.15, 0.2) is 71.9 Å². The second kappa shape index (κ2) is 10.3. The maximum absolute atomic E-state index is 14.0. The van der Waals surface area contributed by atoms with Crippen molar-refractivity contribution in [2.45, 2.75) is 37.5 Å². The van der Waals surface area contributed by atoms with E-state index in [2.05, 4.69) is 15.2 Å². The quantitative estimate of drug-likeness (QED) is 0.480. The van der Waals surface area contributed by atoms with Crippen molar-refractivity contribution >= 4 is 33.5 Å². The number of amides is 1. The Morgan fingerprint density at radius 2 is 1.79 bits per heavy atom. The lowest BCUT2D eigenvalue weighted by Crippen LogP contribution is -2.35. The summed E-state index contributed by atoms with van der Waals surface area (Å²) in [7, 11) is -3.85. The van der Waals surface area contributed by atoms with Gasteiger partial charge in [-0.2, -0.15) is 0 Å². The number of rotatable bonds is 8. The van der Waals surface area contributed by atoms with Gasteiger partial charge in [-0.05, 0) is 68.5 Å². The zero-order valence-electron chi connectivity index (χ0n) is 19.5. The number of nitrogens with zero attached hydrogens (tertiary/aromatic N) is 3. The van der Waals surface area contributed by atoms with Gasteiger partial charge in [0.2, 0.25) is 6.41 Å². The van der Waals surface area contributed by atoms with Crippen LogP contribution in [0.25, 0.3) is 0 Å². The molecule has 7 nitrogen and oxygen atoms in total. The van der Waals surface area contributed by atoms with Gasteiger partial charge in [-0.1, -0.05) is 29.8 Å². The second-order valence-electron chi connectivity index (χ2n) is 8.46. The zero-order valence-corrected chi connectivity index (χ0v) is 20.3. The Morgan fingerprint density at radius 3 is 2.47 bits per heavy atom. The molecule has 1 saturated heterocycles. The standard InChI is InChI=1S/C26H30N4O3S/c1-3-30(25-7-5-4-6-24(25)28-19-31)34(32,33)26-9-8-20(2)18-23(26)21-12-16-29(17-13-21)22-10-14-27-15-11-22/h4-11,14-15,18-19,21H,3,12-13,16-17H2,1-2H3,(H,28,31). The number of carbonyl (C=O) groups is 1. The Hall–Kier alpha value is -3.39. The molecule has 1 aromatic heterocycles. The molecule has 0 unspecified atom stereocenters. The predicted molar refractivity (Wildman–Crippen MR) is 136 cm³/mol. The van der Waals surface area contributed by atoms with Gasteiger partial charge in [0.15, 0.2) is 0 Å². The van der Waals surface area contributed by atoms with Gasteiger partial charge in [0.25, 0.3) is 10.0 Å². The number of hydrogen-bond acceptors (Lipinski definition) is 5. The summed E-state index contributed by atoms with van der Waals surface area (Å²) >= 11 is 0. The van der Waals surface area contributed by atoms with Crippen LogP contribution >= 0.6 is 0 Å². The Labute approximate surface area is 201 Å². The number of sulfonamides is 1. The van der Waals surface area contributed by atoms with E-state index in [9.17, 15) is 13.2 Å². The third-order valence-electron chi connectivity index (χ3n) is 6.37. The van der Waals surface area contributed by atoms with Crippen molar-refractivity contribution in [1.82, 2.24) is 4.98 Å². The van der Waals surface area contributed by atoms with E-state index in [1.54, 1.807) is 49.6 Å². The lowest BCUT2D eigenvalue weighted by molar-refractivity contribution is -0.105. The molecule has 1 amide bonds. The maximum Gasteiger partial charge on any atom is 0.264 e. The van der Waals surface area contributed by atoms with Crippen molar-refractivity contribution in [3.05, 3.63) is 78.1 Å². The fourth-order valence-electron chi connectivity index (χ4n) is 4.69. The normalized spacial score (nSPS) is 14.6. The first-order valence-corrected chi connectivity index (χ1v) is 13.0. The minimum atomic E-state index is -3.85. The largest absolute Gasteiger partial charge is 0.371 e. The van der Waals surface area contributed by atoms with Crippen molar-refractivity contribution < 1.29 is 13.2 Å². The topological polar surface area (TPSA) is 82.6 Å². The number of pyridine rings is 1. The number of piperidine rings is 1. The molecule has 0 radical (unpaired) electrons. The van der Waals surface area contributed by atoms with E-state index in [0.29, 0.717) is 22.7 Å². The third kappa shape index (κ3) is 4.77. The van der Waals surface area contributed by atoms with Crippen LogP contribution in [0.4, 0.5) is 17.1 Å². The van der Waals surface area contributed by atoms with Crippen LogP contribution in [0, 0.1) is 6.92 Å². The molecular weight excluding hydrogens is 448 g/mol. The van der Waals surface area contributed by atoms with Gasteiger partial charge in [0.1, 0.15) is 0 Å².